The average molecular weight is 252 g/mol. The van der Waals surface area contributed by atoms with E-state index in [0.29, 0.717) is 5.41 Å². The van der Waals surface area contributed by atoms with E-state index in [2.05, 4.69) is 36.7 Å². The van der Waals surface area contributed by atoms with E-state index in [1.165, 1.54) is 30.6 Å². The first-order valence-corrected chi connectivity index (χ1v) is 7.41. The molecule has 0 atom stereocenters. The van der Waals surface area contributed by atoms with Crippen LogP contribution in [0.3, 0.4) is 0 Å². The molecular formula is C14H24N2S. The van der Waals surface area contributed by atoms with Gasteiger partial charge in [0.15, 0.2) is 0 Å². The third-order valence-corrected chi connectivity index (χ3v) is 5.05. The summed E-state index contributed by atoms with van der Waals surface area (Å²) < 4.78 is 0. The topological polar surface area (TPSA) is 38.0 Å². The summed E-state index contributed by atoms with van der Waals surface area (Å²) in [4.78, 5) is 1.41. The Morgan fingerprint density at radius 2 is 2.00 bits per heavy atom. The fourth-order valence-electron chi connectivity index (χ4n) is 2.55. The molecule has 1 aromatic rings. The number of nitrogens with two attached hydrogens (primary N) is 1. The highest BCUT2D eigenvalue weighted by Gasteiger charge is 2.36. The first kappa shape index (κ1) is 13.1. The van der Waals surface area contributed by atoms with E-state index in [9.17, 15) is 0 Å². The van der Waals surface area contributed by atoms with Gasteiger partial charge in [-0.2, -0.15) is 0 Å². The summed E-state index contributed by atoms with van der Waals surface area (Å²) in [6.07, 6.45) is 4.98. The van der Waals surface area contributed by atoms with E-state index in [4.69, 9.17) is 5.73 Å². The van der Waals surface area contributed by atoms with Crippen molar-refractivity contribution < 1.29 is 0 Å². The van der Waals surface area contributed by atoms with Crippen molar-refractivity contribution in [1.82, 2.24) is 5.32 Å². The smallest absolute Gasteiger partial charge is 0.0307 e. The summed E-state index contributed by atoms with van der Waals surface area (Å²) in [6, 6.07) is 4.30. The molecule has 1 aliphatic carbocycles. The summed E-state index contributed by atoms with van der Waals surface area (Å²) in [6.45, 7) is 6.46. The van der Waals surface area contributed by atoms with E-state index in [1.54, 1.807) is 0 Å². The fourth-order valence-corrected chi connectivity index (χ4v) is 3.19. The lowest BCUT2D eigenvalue weighted by atomic mass is 9.69. The van der Waals surface area contributed by atoms with E-state index >= 15 is 0 Å². The Bertz CT molecular complexity index is 333. The van der Waals surface area contributed by atoms with Crippen molar-refractivity contribution in [3.8, 4) is 0 Å². The molecule has 0 bridgehead atoms. The first-order chi connectivity index (χ1) is 8.05. The fraction of sp³-hybridized carbons (Fsp3) is 0.714. The summed E-state index contributed by atoms with van der Waals surface area (Å²) in [7, 11) is 0. The summed E-state index contributed by atoms with van der Waals surface area (Å²) >= 11 is 1.82. The van der Waals surface area contributed by atoms with Crippen LogP contribution in [0.1, 0.15) is 44.4 Å². The minimum atomic E-state index is 0.180. The highest BCUT2D eigenvalue weighted by Crippen LogP contribution is 2.39. The van der Waals surface area contributed by atoms with Crippen LogP contribution in [0.15, 0.2) is 17.5 Å². The van der Waals surface area contributed by atoms with E-state index in [0.717, 1.165) is 13.1 Å². The molecule has 1 fully saturated rings. The minimum Gasteiger partial charge on any atom is -0.329 e. The van der Waals surface area contributed by atoms with E-state index in [-0.39, 0.29) is 5.54 Å². The largest absolute Gasteiger partial charge is 0.329 e. The molecule has 1 saturated carbocycles. The Morgan fingerprint density at radius 1 is 1.29 bits per heavy atom. The predicted molar refractivity (Wildman–Crippen MR) is 75.2 cm³/mol. The molecule has 2 rings (SSSR count). The molecule has 96 valence electrons. The molecule has 2 nitrogen and oxygen atoms in total. The summed E-state index contributed by atoms with van der Waals surface area (Å²) in [5.74, 6) is 0. The van der Waals surface area contributed by atoms with Gasteiger partial charge in [-0.1, -0.05) is 19.9 Å². The second-order valence-electron chi connectivity index (χ2n) is 6.08. The van der Waals surface area contributed by atoms with Crippen molar-refractivity contribution in [3.05, 3.63) is 22.4 Å². The van der Waals surface area contributed by atoms with Crippen LogP contribution in [-0.4, -0.2) is 12.1 Å². The van der Waals surface area contributed by atoms with Crippen molar-refractivity contribution in [2.24, 2.45) is 11.1 Å². The van der Waals surface area contributed by atoms with Gasteiger partial charge in [0.25, 0.3) is 0 Å². The maximum absolute atomic E-state index is 6.01. The molecule has 1 heterocycles. The lowest BCUT2D eigenvalue weighted by Gasteiger charge is -2.43. The molecule has 1 aliphatic rings. The zero-order valence-electron chi connectivity index (χ0n) is 11.0. The van der Waals surface area contributed by atoms with Crippen LogP contribution in [0.25, 0.3) is 0 Å². The number of nitrogens with one attached hydrogen (secondary N) is 1. The number of thiophene rings is 1. The second-order valence-corrected chi connectivity index (χ2v) is 7.11. The van der Waals surface area contributed by atoms with Crippen LogP contribution < -0.4 is 11.1 Å². The molecule has 1 aromatic heterocycles. The second kappa shape index (κ2) is 5.09. The monoisotopic (exact) mass is 252 g/mol. The number of hydrogen-bond acceptors (Lipinski definition) is 3. The van der Waals surface area contributed by atoms with Crippen LogP contribution in [0, 0.1) is 5.41 Å². The highest BCUT2D eigenvalue weighted by molar-refractivity contribution is 7.09. The highest BCUT2D eigenvalue weighted by atomic mass is 32.1. The van der Waals surface area contributed by atoms with Gasteiger partial charge in [-0.3, -0.25) is 0 Å². The van der Waals surface area contributed by atoms with Crippen molar-refractivity contribution in [1.29, 1.82) is 0 Å². The van der Waals surface area contributed by atoms with Crippen molar-refractivity contribution in [2.75, 3.05) is 6.54 Å². The SMILES string of the molecule is CC1(C)CCC(CN)(NCc2cccs2)CC1. The molecular weight excluding hydrogens is 228 g/mol. The van der Waals surface area contributed by atoms with Gasteiger partial charge in [0, 0.05) is 23.5 Å². The first-order valence-electron chi connectivity index (χ1n) is 6.53. The zero-order chi connectivity index (χ0) is 12.4. The van der Waals surface area contributed by atoms with Crippen LogP contribution in [0.4, 0.5) is 0 Å². The molecule has 0 aliphatic heterocycles. The minimum absolute atomic E-state index is 0.180. The van der Waals surface area contributed by atoms with Crippen molar-refractivity contribution in [3.63, 3.8) is 0 Å². The lowest BCUT2D eigenvalue weighted by molar-refractivity contribution is 0.139. The summed E-state index contributed by atoms with van der Waals surface area (Å²) in [5, 5.41) is 5.85. The molecule has 0 radical (unpaired) electrons. The van der Waals surface area contributed by atoms with Gasteiger partial charge in [-0.05, 0) is 42.5 Å². The molecule has 0 amide bonds. The maximum Gasteiger partial charge on any atom is 0.0307 e. The van der Waals surface area contributed by atoms with Gasteiger partial charge in [-0.15, -0.1) is 11.3 Å². The normalized spacial score (nSPS) is 22.5. The molecule has 0 aromatic carbocycles. The van der Waals surface area contributed by atoms with Crippen LogP contribution in [0.2, 0.25) is 0 Å². The van der Waals surface area contributed by atoms with Gasteiger partial charge in [0.1, 0.15) is 0 Å². The van der Waals surface area contributed by atoms with Gasteiger partial charge in [-0.25, -0.2) is 0 Å². The van der Waals surface area contributed by atoms with Crippen LogP contribution in [0.5, 0.6) is 0 Å². The average Bonchev–Trinajstić information content (AvgIpc) is 2.82. The van der Waals surface area contributed by atoms with Gasteiger partial charge >= 0.3 is 0 Å². The van der Waals surface area contributed by atoms with Gasteiger partial charge in [0.05, 0.1) is 0 Å². The van der Waals surface area contributed by atoms with Crippen LogP contribution in [-0.2, 0) is 6.54 Å². The molecule has 3 N–H and O–H groups in total. The Kier molecular flexibility index (Phi) is 3.91. The standard InChI is InChI=1S/C14H24N2S/c1-13(2)5-7-14(11-15,8-6-13)16-10-12-4-3-9-17-12/h3-4,9,16H,5-8,10-11,15H2,1-2H3. The van der Waals surface area contributed by atoms with Crippen LogP contribution >= 0.6 is 11.3 Å². The molecule has 0 spiro atoms. The summed E-state index contributed by atoms with van der Waals surface area (Å²) in [5.41, 5.74) is 6.69. The van der Waals surface area contributed by atoms with E-state index < -0.39 is 0 Å². The number of hydrogen-bond donors (Lipinski definition) is 2. The Balaban J connectivity index is 1.92. The zero-order valence-corrected chi connectivity index (χ0v) is 11.8. The van der Waals surface area contributed by atoms with Gasteiger partial charge < -0.3 is 11.1 Å². The predicted octanol–water partition coefficient (Wildman–Crippen LogP) is 3.14. The van der Waals surface area contributed by atoms with Gasteiger partial charge in [0.2, 0.25) is 0 Å². The van der Waals surface area contributed by atoms with Crippen molar-refractivity contribution >= 4 is 11.3 Å². The van der Waals surface area contributed by atoms with Crippen molar-refractivity contribution in [2.45, 2.75) is 51.6 Å². The van der Waals surface area contributed by atoms with E-state index in [1.807, 2.05) is 11.3 Å². The third-order valence-electron chi connectivity index (χ3n) is 4.17. The quantitative estimate of drug-likeness (QED) is 0.864. The molecule has 0 saturated heterocycles. The maximum atomic E-state index is 6.01. The lowest BCUT2D eigenvalue weighted by Crippen LogP contribution is -2.53. The Labute approximate surface area is 109 Å². The Morgan fingerprint density at radius 3 is 2.53 bits per heavy atom. The molecule has 3 heteroatoms. The number of rotatable bonds is 4. The third kappa shape index (κ3) is 3.30. The molecule has 17 heavy (non-hydrogen) atoms. The Hall–Kier alpha value is -0.380. The molecule has 0 unspecified atom stereocenters.